The van der Waals surface area contributed by atoms with Crippen LogP contribution in [-0.2, 0) is 16.0 Å². The molecule has 90 valence electrons. The zero-order valence-electron chi connectivity index (χ0n) is 9.21. The number of aliphatic carboxylic acids is 2. The van der Waals surface area contributed by atoms with E-state index in [4.69, 9.17) is 15.0 Å². The topological polar surface area (TPSA) is 74.6 Å². The summed E-state index contributed by atoms with van der Waals surface area (Å²) < 4.78 is 1.15. The number of carboxylic acids is 2. The molecule has 0 atom stereocenters. The molecule has 0 aliphatic carbocycles. The van der Waals surface area contributed by atoms with Crippen LogP contribution in [0.25, 0.3) is 10.1 Å². The van der Waals surface area contributed by atoms with E-state index in [2.05, 4.69) is 0 Å². The van der Waals surface area contributed by atoms with Crippen LogP contribution < -0.4 is 0 Å². The summed E-state index contributed by atoms with van der Waals surface area (Å²) >= 11 is 1.59. The second-order valence-corrected chi connectivity index (χ2v) is 4.26. The molecule has 1 heterocycles. The summed E-state index contributed by atoms with van der Waals surface area (Å²) in [4.78, 5) is 19.5. The lowest BCUT2D eigenvalue weighted by Crippen LogP contribution is -1.98. The highest BCUT2D eigenvalue weighted by Crippen LogP contribution is 2.25. The Morgan fingerprint density at radius 1 is 1.24 bits per heavy atom. The Balaban J connectivity index is 0.000000317. The Morgan fingerprint density at radius 3 is 2.41 bits per heavy atom. The van der Waals surface area contributed by atoms with Crippen LogP contribution in [0.15, 0.2) is 29.6 Å². The van der Waals surface area contributed by atoms with Crippen LogP contribution in [0, 0.1) is 0 Å². The fourth-order valence-corrected chi connectivity index (χ4v) is 2.30. The lowest BCUT2D eigenvalue weighted by Gasteiger charge is -1.93. The molecule has 1 aromatic carbocycles. The first-order valence-corrected chi connectivity index (χ1v) is 5.75. The van der Waals surface area contributed by atoms with Crippen LogP contribution in [-0.4, -0.2) is 22.2 Å². The van der Waals surface area contributed by atoms with Crippen molar-refractivity contribution in [1.29, 1.82) is 0 Å². The normalized spacial score (nSPS) is 9.47. The van der Waals surface area contributed by atoms with Gasteiger partial charge in [-0.05, 0) is 22.4 Å². The van der Waals surface area contributed by atoms with Gasteiger partial charge in [-0.25, -0.2) is 0 Å². The van der Waals surface area contributed by atoms with Crippen molar-refractivity contribution in [2.24, 2.45) is 0 Å². The summed E-state index contributed by atoms with van der Waals surface area (Å²) in [6, 6.07) is 7.86. The lowest BCUT2D eigenvalue weighted by atomic mass is 10.1. The summed E-state index contributed by atoms with van der Waals surface area (Å²) in [7, 11) is 0. The molecule has 0 bridgehead atoms. The Bertz CT molecular complexity index is 526. The molecule has 1 aromatic heterocycles. The van der Waals surface area contributed by atoms with Crippen molar-refractivity contribution < 1.29 is 19.8 Å². The van der Waals surface area contributed by atoms with Gasteiger partial charge in [0.25, 0.3) is 5.97 Å². The second kappa shape index (κ2) is 6.00. The number of carbonyl (C=O) groups is 2. The third kappa shape index (κ3) is 4.24. The van der Waals surface area contributed by atoms with Crippen LogP contribution in [0.4, 0.5) is 0 Å². The molecule has 2 N–H and O–H groups in total. The number of thiophene rings is 1. The van der Waals surface area contributed by atoms with Crippen molar-refractivity contribution in [3.8, 4) is 0 Å². The zero-order chi connectivity index (χ0) is 12.8. The quantitative estimate of drug-likeness (QED) is 0.861. The molecular weight excluding hydrogens is 240 g/mol. The summed E-state index contributed by atoms with van der Waals surface area (Å²) in [6.45, 7) is 1.08. The van der Waals surface area contributed by atoms with Crippen LogP contribution in [0.1, 0.15) is 12.5 Å². The molecule has 0 amide bonds. The average Bonchev–Trinajstić information content (AvgIpc) is 2.60. The van der Waals surface area contributed by atoms with Gasteiger partial charge in [0.2, 0.25) is 0 Å². The summed E-state index contributed by atoms with van der Waals surface area (Å²) in [5.41, 5.74) is 0.910. The number of rotatable bonds is 2. The highest BCUT2D eigenvalue weighted by molar-refractivity contribution is 7.17. The monoisotopic (exact) mass is 252 g/mol. The lowest BCUT2D eigenvalue weighted by molar-refractivity contribution is -0.136. The molecule has 0 fully saturated rings. The minimum Gasteiger partial charge on any atom is -0.481 e. The molecule has 0 saturated carbocycles. The molecular formula is C12H12O4S. The van der Waals surface area contributed by atoms with E-state index in [9.17, 15) is 4.79 Å². The Morgan fingerprint density at radius 2 is 1.82 bits per heavy atom. The third-order valence-electron chi connectivity index (χ3n) is 1.90. The van der Waals surface area contributed by atoms with E-state index < -0.39 is 11.9 Å². The minimum atomic E-state index is -0.833. The van der Waals surface area contributed by atoms with Gasteiger partial charge in [0.1, 0.15) is 0 Å². The van der Waals surface area contributed by atoms with Crippen molar-refractivity contribution in [2.45, 2.75) is 13.3 Å². The molecule has 0 spiro atoms. The van der Waals surface area contributed by atoms with Gasteiger partial charge in [-0.2, -0.15) is 0 Å². The molecule has 0 unspecified atom stereocenters. The van der Waals surface area contributed by atoms with Gasteiger partial charge in [-0.1, -0.05) is 18.2 Å². The average molecular weight is 252 g/mol. The standard InChI is InChI=1S/C10H8O2S.C2H4O2/c11-10(12)5-7-6-13-9-4-2-1-3-8(7)9;1-2(3)4/h1-4,6H,5H2,(H,11,12);1H3,(H,3,4). The summed E-state index contributed by atoms with van der Waals surface area (Å²) in [6.07, 6.45) is 0.115. The van der Waals surface area contributed by atoms with E-state index in [1.54, 1.807) is 11.3 Å². The number of benzene rings is 1. The summed E-state index contributed by atoms with van der Waals surface area (Å²) in [5, 5.41) is 19.0. The Labute approximate surface area is 102 Å². The number of hydrogen-bond acceptors (Lipinski definition) is 3. The molecule has 2 aromatic rings. The predicted molar refractivity (Wildman–Crippen MR) is 66.5 cm³/mol. The van der Waals surface area contributed by atoms with Crippen LogP contribution in [0.3, 0.4) is 0 Å². The largest absolute Gasteiger partial charge is 0.481 e. The molecule has 0 aliphatic rings. The number of hydrogen-bond donors (Lipinski definition) is 2. The van der Waals surface area contributed by atoms with Crippen LogP contribution in [0.5, 0.6) is 0 Å². The van der Waals surface area contributed by atoms with Crippen LogP contribution >= 0.6 is 11.3 Å². The Kier molecular flexibility index (Phi) is 4.66. The van der Waals surface area contributed by atoms with Gasteiger partial charge in [0.05, 0.1) is 6.42 Å². The molecule has 4 nitrogen and oxygen atoms in total. The molecule has 17 heavy (non-hydrogen) atoms. The molecule has 5 heteroatoms. The fourth-order valence-electron chi connectivity index (χ4n) is 1.33. The van der Waals surface area contributed by atoms with Gasteiger partial charge >= 0.3 is 5.97 Å². The minimum absolute atomic E-state index is 0.115. The number of fused-ring (bicyclic) bond motifs is 1. The van der Waals surface area contributed by atoms with Crippen molar-refractivity contribution in [2.75, 3.05) is 0 Å². The summed E-state index contributed by atoms with van der Waals surface area (Å²) in [5.74, 6) is -1.61. The maximum atomic E-state index is 10.5. The third-order valence-corrected chi connectivity index (χ3v) is 2.92. The van der Waals surface area contributed by atoms with E-state index in [-0.39, 0.29) is 6.42 Å². The van der Waals surface area contributed by atoms with Gasteiger partial charge < -0.3 is 10.2 Å². The number of carboxylic acid groups (broad SMARTS) is 2. The molecule has 0 aliphatic heterocycles. The van der Waals surface area contributed by atoms with E-state index in [1.165, 1.54) is 0 Å². The maximum Gasteiger partial charge on any atom is 0.307 e. The predicted octanol–water partition coefficient (Wildman–Crippen LogP) is 2.62. The molecule has 2 rings (SSSR count). The van der Waals surface area contributed by atoms with Gasteiger partial charge in [0, 0.05) is 11.6 Å². The first-order valence-electron chi connectivity index (χ1n) is 4.87. The van der Waals surface area contributed by atoms with E-state index in [1.807, 2.05) is 29.6 Å². The zero-order valence-corrected chi connectivity index (χ0v) is 10.0. The van der Waals surface area contributed by atoms with E-state index >= 15 is 0 Å². The van der Waals surface area contributed by atoms with E-state index in [0.717, 1.165) is 22.6 Å². The van der Waals surface area contributed by atoms with Crippen LogP contribution in [0.2, 0.25) is 0 Å². The molecule has 0 saturated heterocycles. The first-order chi connectivity index (χ1) is 8.00. The SMILES string of the molecule is CC(=O)O.O=C(O)Cc1csc2ccccc12. The van der Waals surface area contributed by atoms with Crippen molar-refractivity contribution in [3.05, 3.63) is 35.2 Å². The van der Waals surface area contributed by atoms with E-state index in [0.29, 0.717) is 0 Å². The van der Waals surface area contributed by atoms with Crippen molar-refractivity contribution in [3.63, 3.8) is 0 Å². The second-order valence-electron chi connectivity index (χ2n) is 3.35. The highest BCUT2D eigenvalue weighted by atomic mass is 32.1. The van der Waals surface area contributed by atoms with Crippen molar-refractivity contribution in [1.82, 2.24) is 0 Å². The molecule has 0 radical (unpaired) electrons. The maximum absolute atomic E-state index is 10.5. The fraction of sp³-hybridized carbons (Fsp3) is 0.167. The van der Waals surface area contributed by atoms with Gasteiger partial charge in [-0.3, -0.25) is 9.59 Å². The van der Waals surface area contributed by atoms with Gasteiger partial charge in [0.15, 0.2) is 0 Å². The van der Waals surface area contributed by atoms with Crippen molar-refractivity contribution >= 4 is 33.4 Å². The Hall–Kier alpha value is -1.88. The smallest absolute Gasteiger partial charge is 0.307 e. The van der Waals surface area contributed by atoms with Gasteiger partial charge in [-0.15, -0.1) is 11.3 Å². The first kappa shape index (κ1) is 13.2. The highest BCUT2D eigenvalue weighted by Gasteiger charge is 2.06.